The summed E-state index contributed by atoms with van der Waals surface area (Å²) in [5, 5.41) is 2.94. The molecule has 0 fully saturated rings. The lowest BCUT2D eigenvalue weighted by Gasteiger charge is -2.33. The summed E-state index contributed by atoms with van der Waals surface area (Å²) in [6, 6.07) is 21.8. The molecule has 9 heteroatoms. The van der Waals surface area contributed by atoms with Crippen LogP contribution in [0.3, 0.4) is 0 Å². The second-order valence-corrected chi connectivity index (χ2v) is 13.3. The number of nitrogens with one attached hydrogen (secondary N) is 1. The van der Waals surface area contributed by atoms with E-state index in [0.717, 1.165) is 19.0 Å². The summed E-state index contributed by atoms with van der Waals surface area (Å²) in [5.41, 5.74) is 1.72. The highest BCUT2D eigenvalue weighted by Crippen LogP contribution is 2.25. The summed E-state index contributed by atoms with van der Waals surface area (Å²) in [4.78, 5) is 28.6. The molecule has 0 radical (unpaired) electrons. The number of carbonyl (C=O) groups is 2. The van der Waals surface area contributed by atoms with Crippen LogP contribution < -0.4 is 9.62 Å². The Kier molecular flexibility index (Phi) is 9.59. The molecule has 0 heterocycles. The van der Waals surface area contributed by atoms with Gasteiger partial charge in [-0.15, -0.1) is 0 Å². The van der Waals surface area contributed by atoms with E-state index in [0.29, 0.717) is 5.69 Å². The van der Waals surface area contributed by atoms with E-state index in [9.17, 15) is 18.0 Å². The highest BCUT2D eigenvalue weighted by molar-refractivity contribution is 14.1. The first-order valence-corrected chi connectivity index (χ1v) is 14.8. The molecule has 0 unspecified atom stereocenters. The highest BCUT2D eigenvalue weighted by atomic mass is 127. The van der Waals surface area contributed by atoms with Crippen LogP contribution in [0.5, 0.6) is 0 Å². The van der Waals surface area contributed by atoms with E-state index in [4.69, 9.17) is 0 Å². The normalized spacial score (nSPS) is 12.5. The van der Waals surface area contributed by atoms with Gasteiger partial charge >= 0.3 is 0 Å². The summed E-state index contributed by atoms with van der Waals surface area (Å²) in [6.45, 7) is 8.92. The predicted octanol–water partition coefficient (Wildman–Crippen LogP) is 5.13. The molecule has 0 aliphatic carbocycles. The minimum atomic E-state index is -4.07. The van der Waals surface area contributed by atoms with E-state index in [-0.39, 0.29) is 17.3 Å². The Morgan fingerprint density at radius 2 is 1.50 bits per heavy atom. The molecule has 1 N–H and O–H groups in total. The molecule has 2 amide bonds. The maximum atomic E-state index is 13.9. The third-order valence-electron chi connectivity index (χ3n) is 5.99. The van der Waals surface area contributed by atoms with Crippen molar-refractivity contribution in [2.45, 2.75) is 57.6 Å². The third-order valence-corrected chi connectivity index (χ3v) is 8.50. The lowest BCUT2D eigenvalue weighted by atomic mass is 10.1. The number of aryl methyl sites for hydroxylation is 1. The molecular weight excluding hydrogens is 613 g/mol. The summed E-state index contributed by atoms with van der Waals surface area (Å²) < 4.78 is 29.6. The van der Waals surface area contributed by atoms with E-state index >= 15 is 0 Å². The zero-order chi connectivity index (χ0) is 28.1. The highest BCUT2D eigenvalue weighted by Gasteiger charge is 2.33. The van der Waals surface area contributed by atoms with E-state index in [1.54, 1.807) is 49.4 Å². The topological polar surface area (TPSA) is 86.8 Å². The molecule has 38 heavy (non-hydrogen) atoms. The molecule has 0 aliphatic heterocycles. The van der Waals surface area contributed by atoms with Crippen molar-refractivity contribution in [3.8, 4) is 0 Å². The zero-order valence-electron chi connectivity index (χ0n) is 22.3. The number of hydrogen-bond acceptors (Lipinski definition) is 4. The fourth-order valence-electron chi connectivity index (χ4n) is 3.88. The first-order chi connectivity index (χ1) is 17.8. The summed E-state index contributed by atoms with van der Waals surface area (Å²) in [7, 11) is -4.07. The van der Waals surface area contributed by atoms with Crippen molar-refractivity contribution in [2.24, 2.45) is 0 Å². The van der Waals surface area contributed by atoms with Crippen LogP contribution in [0, 0.1) is 10.5 Å². The zero-order valence-corrected chi connectivity index (χ0v) is 25.3. The van der Waals surface area contributed by atoms with Gasteiger partial charge < -0.3 is 10.2 Å². The first-order valence-electron chi connectivity index (χ1n) is 12.3. The lowest BCUT2D eigenvalue weighted by molar-refractivity contribution is -0.140. The molecule has 1 atom stereocenters. The maximum absolute atomic E-state index is 13.9. The average molecular weight is 648 g/mol. The molecule has 3 rings (SSSR count). The van der Waals surface area contributed by atoms with Crippen molar-refractivity contribution in [3.05, 3.63) is 93.6 Å². The Balaban J connectivity index is 2.03. The molecule has 0 spiro atoms. The van der Waals surface area contributed by atoms with Crippen molar-refractivity contribution in [2.75, 3.05) is 10.8 Å². The third kappa shape index (κ3) is 7.57. The monoisotopic (exact) mass is 647 g/mol. The van der Waals surface area contributed by atoms with Crippen LogP contribution in [-0.4, -0.2) is 43.3 Å². The van der Waals surface area contributed by atoms with Gasteiger partial charge in [0, 0.05) is 15.7 Å². The summed E-state index contributed by atoms with van der Waals surface area (Å²) in [5.74, 6) is -0.797. The lowest BCUT2D eigenvalue weighted by Crippen LogP contribution is -2.54. The smallest absolute Gasteiger partial charge is 0.264 e. The maximum Gasteiger partial charge on any atom is 0.264 e. The van der Waals surface area contributed by atoms with Gasteiger partial charge in [0.1, 0.15) is 12.6 Å². The van der Waals surface area contributed by atoms with Crippen LogP contribution in [0.25, 0.3) is 0 Å². The van der Waals surface area contributed by atoms with Gasteiger partial charge in [0.25, 0.3) is 10.0 Å². The largest absolute Gasteiger partial charge is 0.350 e. The van der Waals surface area contributed by atoms with Gasteiger partial charge in [-0.2, -0.15) is 0 Å². The number of halogens is 1. The van der Waals surface area contributed by atoms with Crippen LogP contribution in [0.1, 0.15) is 38.8 Å². The number of benzene rings is 3. The van der Waals surface area contributed by atoms with Crippen LogP contribution in [-0.2, 0) is 26.2 Å². The SMILES string of the molecule is Cc1ccccc1CN(C(=O)CN(c1ccc(I)cc1)S(=O)(=O)c1ccccc1)[C@@H](C)C(=O)NC(C)(C)C. The molecule has 0 saturated heterocycles. The Morgan fingerprint density at radius 1 is 0.921 bits per heavy atom. The quantitative estimate of drug-likeness (QED) is 0.327. The molecule has 0 aliphatic rings. The van der Waals surface area contributed by atoms with E-state index in [2.05, 4.69) is 27.9 Å². The van der Waals surface area contributed by atoms with Gasteiger partial charge in [0.2, 0.25) is 11.8 Å². The van der Waals surface area contributed by atoms with Crippen molar-refractivity contribution < 1.29 is 18.0 Å². The fourth-order valence-corrected chi connectivity index (χ4v) is 5.68. The number of anilines is 1. The molecule has 3 aromatic rings. The Bertz CT molecular complexity index is 1370. The minimum Gasteiger partial charge on any atom is -0.350 e. The number of rotatable bonds is 9. The Hall–Kier alpha value is -2.92. The summed E-state index contributed by atoms with van der Waals surface area (Å²) in [6.07, 6.45) is 0. The van der Waals surface area contributed by atoms with Gasteiger partial charge in [-0.25, -0.2) is 8.42 Å². The number of sulfonamides is 1. The van der Waals surface area contributed by atoms with Gasteiger partial charge in [0.05, 0.1) is 10.6 Å². The number of nitrogens with zero attached hydrogens (tertiary/aromatic N) is 2. The number of carbonyl (C=O) groups excluding carboxylic acids is 2. The van der Waals surface area contributed by atoms with Gasteiger partial charge in [-0.05, 0) is 105 Å². The van der Waals surface area contributed by atoms with Crippen molar-refractivity contribution in [1.82, 2.24) is 10.2 Å². The van der Waals surface area contributed by atoms with Crippen molar-refractivity contribution >= 4 is 50.1 Å². The average Bonchev–Trinajstić information content (AvgIpc) is 2.86. The second kappa shape index (κ2) is 12.3. The van der Waals surface area contributed by atoms with Gasteiger partial charge in [0.15, 0.2) is 0 Å². The van der Waals surface area contributed by atoms with Crippen LogP contribution in [0.15, 0.2) is 83.8 Å². The predicted molar refractivity (Wildman–Crippen MR) is 159 cm³/mol. The van der Waals surface area contributed by atoms with Crippen LogP contribution >= 0.6 is 22.6 Å². The Labute approximate surface area is 239 Å². The molecule has 202 valence electrons. The van der Waals surface area contributed by atoms with Gasteiger partial charge in [-0.1, -0.05) is 42.5 Å². The minimum absolute atomic E-state index is 0.0790. The summed E-state index contributed by atoms with van der Waals surface area (Å²) >= 11 is 2.14. The van der Waals surface area contributed by atoms with E-state index in [1.807, 2.05) is 52.0 Å². The van der Waals surface area contributed by atoms with E-state index < -0.39 is 34.1 Å². The molecule has 0 aromatic heterocycles. The molecule has 0 saturated carbocycles. The Morgan fingerprint density at radius 3 is 2.08 bits per heavy atom. The first kappa shape index (κ1) is 29.6. The molecule has 7 nitrogen and oxygen atoms in total. The fraction of sp³-hybridized carbons (Fsp3) is 0.310. The van der Waals surface area contributed by atoms with E-state index in [1.165, 1.54) is 17.0 Å². The number of amides is 2. The van der Waals surface area contributed by atoms with Crippen molar-refractivity contribution in [1.29, 1.82) is 0 Å². The standard InChI is InChI=1S/C29H34IN3O4S/c1-21-11-9-10-12-23(21)19-32(22(2)28(35)31-29(3,4)5)27(34)20-33(25-17-15-24(30)16-18-25)38(36,37)26-13-7-6-8-14-26/h6-18,22H,19-20H2,1-5H3,(H,31,35)/t22-/m0/s1. The molecule has 0 bridgehead atoms. The number of hydrogen-bond donors (Lipinski definition) is 1. The second-order valence-electron chi connectivity index (χ2n) is 10.2. The molecule has 3 aromatic carbocycles. The van der Waals surface area contributed by atoms with Gasteiger partial charge in [-0.3, -0.25) is 13.9 Å². The van der Waals surface area contributed by atoms with Crippen LogP contribution in [0.2, 0.25) is 0 Å². The van der Waals surface area contributed by atoms with Crippen molar-refractivity contribution in [3.63, 3.8) is 0 Å². The molecular formula is C29H34IN3O4S. The van der Waals surface area contributed by atoms with Crippen LogP contribution in [0.4, 0.5) is 5.69 Å².